The molecule has 0 aliphatic rings. The van der Waals surface area contributed by atoms with Gasteiger partial charge in [0, 0.05) is 5.69 Å². The van der Waals surface area contributed by atoms with E-state index in [4.69, 9.17) is 4.74 Å². The lowest BCUT2D eigenvalue weighted by Crippen LogP contribution is -2.23. The van der Waals surface area contributed by atoms with Gasteiger partial charge in [0.1, 0.15) is 0 Å². The Kier molecular flexibility index (Phi) is 5.36. The first-order valence-electron chi connectivity index (χ1n) is 5.59. The van der Waals surface area contributed by atoms with Crippen molar-refractivity contribution in [1.82, 2.24) is 0 Å². The number of carbonyl (C=O) groups is 2. The standard InChI is InChI=1S/C12H12F3NO4/c1-2-19-10(17)8-4-3-5-9(6-8)16-11(18)20-7-12(13,14)15/h3-6H,2,7H2,1H3,(H,16,18). The monoisotopic (exact) mass is 291 g/mol. The van der Waals surface area contributed by atoms with Gasteiger partial charge in [-0.25, -0.2) is 9.59 Å². The Balaban J connectivity index is 2.62. The number of benzene rings is 1. The molecule has 8 heteroatoms. The molecule has 0 radical (unpaired) electrons. The number of hydrogen-bond acceptors (Lipinski definition) is 4. The van der Waals surface area contributed by atoms with E-state index in [1.165, 1.54) is 24.3 Å². The molecule has 0 spiro atoms. The van der Waals surface area contributed by atoms with Crippen LogP contribution in [0.4, 0.5) is 23.7 Å². The van der Waals surface area contributed by atoms with E-state index in [0.717, 1.165) is 0 Å². The third-order valence-electron chi connectivity index (χ3n) is 1.99. The van der Waals surface area contributed by atoms with Gasteiger partial charge in [-0.15, -0.1) is 0 Å². The molecule has 0 atom stereocenters. The van der Waals surface area contributed by atoms with Crippen molar-refractivity contribution < 1.29 is 32.2 Å². The number of esters is 1. The molecule has 1 rings (SSSR count). The third-order valence-corrected chi connectivity index (χ3v) is 1.99. The van der Waals surface area contributed by atoms with E-state index in [-0.39, 0.29) is 17.9 Å². The van der Waals surface area contributed by atoms with Gasteiger partial charge in [-0.3, -0.25) is 5.32 Å². The predicted octanol–water partition coefficient (Wildman–Crippen LogP) is 2.97. The van der Waals surface area contributed by atoms with E-state index in [9.17, 15) is 22.8 Å². The lowest BCUT2D eigenvalue weighted by molar-refractivity contribution is -0.159. The molecule has 0 aliphatic carbocycles. The quantitative estimate of drug-likeness (QED) is 0.866. The molecule has 0 saturated heterocycles. The van der Waals surface area contributed by atoms with Crippen LogP contribution in [0.5, 0.6) is 0 Å². The number of carbonyl (C=O) groups excluding carboxylic acids is 2. The maximum Gasteiger partial charge on any atom is 0.422 e. The molecule has 1 N–H and O–H groups in total. The molecule has 0 aromatic heterocycles. The van der Waals surface area contributed by atoms with Crippen molar-refractivity contribution in [1.29, 1.82) is 0 Å². The van der Waals surface area contributed by atoms with Crippen LogP contribution in [0, 0.1) is 0 Å². The van der Waals surface area contributed by atoms with Crippen molar-refractivity contribution in [2.45, 2.75) is 13.1 Å². The number of ether oxygens (including phenoxy) is 2. The number of anilines is 1. The molecule has 0 fully saturated rings. The SMILES string of the molecule is CCOC(=O)c1cccc(NC(=O)OCC(F)(F)F)c1. The first-order valence-corrected chi connectivity index (χ1v) is 5.59. The van der Waals surface area contributed by atoms with Gasteiger partial charge in [0.2, 0.25) is 0 Å². The highest BCUT2D eigenvalue weighted by Gasteiger charge is 2.29. The van der Waals surface area contributed by atoms with Crippen LogP contribution in [0.3, 0.4) is 0 Å². The number of halogens is 3. The van der Waals surface area contributed by atoms with Crippen molar-refractivity contribution in [3.8, 4) is 0 Å². The Morgan fingerprint density at radius 1 is 1.25 bits per heavy atom. The van der Waals surface area contributed by atoms with Gasteiger partial charge in [-0.1, -0.05) is 6.07 Å². The zero-order valence-corrected chi connectivity index (χ0v) is 10.5. The minimum absolute atomic E-state index is 0.128. The number of rotatable bonds is 4. The van der Waals surface area contributed by atoms with E-state index in [1.54, 1.807) is 6.92 Å². The molecule has 110 valence electrons. The van der Waals surface area contributed by atoms with Crippen LogP contribution in [0.25, 0.3) is 0 Å². The van der Waals surface area contributed by atoms with Crippen molar-refractivity contribution in [3.05, 3.63) is 29.8 Å². The van der Waals surface area contributed by atoms with Crippen molar-refractivity contribution in [3.63, 3.8) is 0 Å². The second kappa shape index (κ2) is 6.78. The van der Waals surface area contributed by atoms with E-state index in [0.29, 0.717) is 0 Å². The average molecular weight is 291 g/mol. The van der Waals surface area contributed by atoms with Crippen LogP contribution in [-0.4, -0.2) is 31.5 Å². The highest BCUT2D eigenvalue weighted by atomic mass is 19.4. The van der Waals surface area contributed by atoms with Crippen LogP contribution in [-0.2, 0) is 9.47 Å². The van der Waals surface area contributed by atoms with E-state index >= 15 is 0 Å². The van der Waals surface area contributed by atoms with Gasteiger partial charge in [0.25, 0.3) is 0 Å². The summed E-state index contributed by atoms with van der Waals surface area (Å²) in [5.74, 6) is -0.597. The fourth-order valence-electron chi connectivity index (χ4n) is 1.24. The molecule has 1 aromatic rings. The second-order valence-corrected chi connectivity index (χ2v) is 3.62. The zero-order chi connectivity index (χ0) is 15.2. The summed E-state index contributed by atoms with van der Waals surface area (Å²) >= 11 is 0. The summed E-state index contributed by atoms with van der Waals surface area (Å²) in [6.07, 6.45) is -5.85. The molecule has 0 unspecified atom stereocenters. The summed E-state index contributed by atoms with van der Waals surface area (Å²) in [6, 6.07) is 5.57. The number of nitrogens with one attached hydrogen (secondary N) is 1. The average Bonchev–Trinajstić information content (AvgIpc) is 2.36. The summed E-state index contributed by atoms with van der Waals surface area (Å²) in [7, 11) is 0. The molecule has 0 saturated carbocycles. The maximum atomic E-state index is 11.8. The fraction of sp³-hybridized carbons (Fsp3) is 0.333. The van der Waals surface area contributed by atoms with E-state index in [1.807, 2.05) is 0 Å². The molecule has 1 amide bonds. The van der Waals surface area contributed by atoms with Gasteiger partial charge >= 0.3 is 18.2 Å². The molecular formula is C12H12F3NO4. The summed E-state index contributed by atoms with van der Waals surface area (Å²) in [6.45, 7) is 0.134. The Hall–Kier alpha value is -2.25. The largest absolute Gasteiger partial charge is 0.462 e. The Labute approximate surface area is 112 Å². The normalized spacial score (nSPS) is 10.8. The van der Waals surface area contributed by atoms with Gasteiger partial charge in [0.15, 0.2) is 6.61 Å². The summed E-state index contributed by atoms with van der Waals surface area (Å²) in [4.78, 5) is 22.5. The van der Waals surface area contributed by atoms with Crippen LogP contribution in [0.15, 0.2) is 24.3 Å². The van der Waals surface area contributed by atoms with Crippen LogP contribution >= 0.6 is 0 Å². The molecular weight excluding hydrogens is 279 g/mol. The molecule has 5 nitrogen and oxygen atoms in total. The first-order chi connectivity index (χ1) is 9.31. The molecule has 0 aliphatic heterocycles. The van der Waals surface area contributed by atoms with Crippen LogP contribution in [0.1, 0.15) is 17.3 Å². The van der Waals surface area contributed by atoms with Crippen molar-refractivity contribution >= 4 is 17.7 Å². The summed E-state index contributed by atoms with van der Waals surface area (Å²) in [5.41, 5.74) is 0.295. The van der Waals surface area contributed by atoms with Gasteiger partial charge in [-0.2, -0.15) is 13.2 Å². The Bertz CT molecular complexity index is 488. The molecule has 1 aromatic carbocycles. The Morgan fingerprint density at radius 3 is 2.55 bits per heavy atom. The van der Waals surface area contributed by atoms with Crippen molar-refractivity contribution in [2.24, 2.45) is 0 Å². The first kappa shape index (κ1) is 15.8. The topological polar surface area (TPSA) is 64.6 Å². The van der Waals surface area contributed by atoms with E-state index in [2.05, 4.69) is 10.1 Å². The second-order valence-electron chi connectivity index (χ2n) is 3.62. The van der Waals surface area contributed by atoms with E-state index < -0.39 is 24.8 Å². The molecule has 20 heavy (non-hydrogen) atoms. The third kappa shape index (κ3) is 5.59. The number of hydrogen-bond donors (Lipinski definition) is 1. The highest BCUT2D eigenvalue weighted by Crippen LogP contribution is 2.16. The van der Waals surface area contributed by atoms with Crippen LogP contribution < -0.4 is 5.32 Å². The zero-order valence-electron chi connectivity index (χ0n) is 10.5. The predicted molar refractivity (Wildman–Crippen MR) is 63.4 cm³/mol. The number of alkyl halides is 3. The lowest BCUT2D eigenvalue weighted by Gasteiger charge is -2.09. The highest BCUT2D eigenvalue weighted by molar-refractivity contribution is 5.92. The molecule has 0 bridgehead atoms. The summed E-state index contributed by atoms with van der Waals surface area (Å²) in [5, 5.41) is 2.08. The summed E-state index contributed by atoms with van der Waals surface area (Å²) < 4.78 is 44.2. The minimum Gasteiger partial charge on any atom is -0.462 e. The fourth-order valence-corrected chi connectivity index (χ4v) is 1.24. The lowest BCUT2D eigenvalue weighted by atomic mass is 10.2. The minimum atomic E-state index is -4.59. The van der Waals surface area contributed by atoms with Crippen molar-refractivity contribution in [2.75, 3.05) is 18.5 Å². The maximum absolute atomic E-state index is 11.8. The van der Waals surface area contributed by atoms with Gasteiger partial charge in [0.05, 0.1) is 12.2 Å². The molecule has 0 heterocycles. The van der Waals surface area contributed by atoms with Gasteiger partial charge < -0.3 is 9.47 Å². The smallest absolute Gasteiger partial charge is 0.422 e. The Morgan fingerprint density at radius 2 is 1.95 bits per heavy atom. The van der Waals surface area contributed by atoms with Crippen LogP contribution in [0.2, 0.25) is 0 Å². The number of amides is 1. The van der Waals surface area contributed by atoms with Gasteiger partial charge in [-0.05, 0) is 25.1 Å².